The number of rotatable bonds is 8. The Morgan fingerprint density at radius 1 is 0.794 bits per heavy atom. The number of imide groups is 1. The van der Waals surface area contributed by atoms with Crippen LogP contribution < -0.4 is 0 Å². The van der Waals surface area contributed by atoms with Gasteiger partial charge in [-0.1, -0.05) is 54.6 Å². The third-order valence-corrected chi connectivity index (χ3v) is 6.31. The molecule has 1 aromatic heterocycles. The molecule has 34 heavy (non-hydrogen) atoms. The maximum atomic E-state index is 13.5. The first kappa shape index (κ1) is 21.8. The molecule has 0 fully saturated rings. The van der Waals surface area contributed by atoms with Crippen molar-refractivity contribution >= 4 is 11.8 Å². The summed E-state index contributed by atoms with van der Waals surface area (Å²) < 4.78 is 13.5. The third kappa shape index (κ3) is 4.39. The fraction of sp³-hybridized carbons (Fsp3) is 0.179. The molecule has 0 bridgehead atoms. The summed E-state index contributed by atoms with van der Waals surface area (Å²) in [6, 6.07) is 23.8. The molecule has 170 valence electrons. The largest absolute Gasteiger partial charge is 0.346 e. The van der Waals surface area contributed by atoms with Crippen LogP contribution in [0.3, 0.4) is 0 Å². The Labute approximate surface area is 197 Å². The van der Waals surface area contributed by atoms with Gasteiger partial charge in [0.2, 0.25) is 0 Å². The molecule has 1 unspecified atom stereocenters. The van der Waals surface area contributed by atoms with Crippen molar-refractivity contribution in [2.24, 2.45) is 0 Å². The van der Waals surface area contributed by atoms with Gasteiger partial charge in [0.05, 0.1) is 11.1 Å². The second-order valence-corrected chi connectivity index (χ2v) is 8.47. The Morgan fingerprint density at radius 2 is 1.41 bits per heavy atom. The summed E-state index contributed by atoms with van der Waals surface area (Å²) >= 11 is 0. The molecule has 4 aromatic rings. The highest BCUT2D eigenvalue weighted by atomic mass is 19.1. The van der Waals surface area contributed by atoms with E-state index in [9.17, 15) is 14.0 Å². The molecule has 2 heterocycles. The number of imidazole rings is 1. The lowest BCUT2D eigenvalue weighted by atomic mass is 9.87. The Kier molecular flexibility index (Phi) is 6.04. The first-order valence-electron chi connectivity index (χ1n) is 11.4. The Morgan fingerprint density at radius 3 is 2.09 bits per heavy atom. The van der Waals surface area contributed by atoms with Gasteiger partial charge in [-0.2, -0.15) is 0 Å². The third-order valence-electron chi connectivity index (χ3n) is 6.31. The Bertz CT molecular complexity index is 1280. The van der Waals surface area contributed by atoms with Gasteiger partial charge in [-0.25, -0.2) is 9.37 Å². The van der Waals surface area contributed by atoms with E-state index in [0.29, 0.717) is 30.5 Å². The number of halogens is 1. The molecule has 6 heteroatoms. The highest BCUT2D eigenvalue weighted by molar-refractivity contribution is 6.21. The van der Waals surface area contributed by atoms with E-state index >= 15 is 0 Å². The number of carbonyl (C=O) groups is 2. The van der Waals surface area contributed by atoms with Crippen molar-refractivity contribution in [3.63, 3.8) is 0 Å². The van der Waals surface area contributed by atoms with Crippen molar-refractivity contribution in [2.75, 3.05) is 6.54 Å². The number of aromatic nitrogens is 2. The van der Waals surface area contributed by atoms with Gasteiger partial charge in [0.1, 0.15) is 11.6 Å². The summed E-state index contributed by atoms with van der Waals surface area (Å²) in [5.74, 6) is 0.231. The molecule has 1 aliphatic heterocycles. The molecular formula is C28H24FN3O2. The second-order valence-electron chi connectivity index (χ2n) is 8.47. The van der Waals surface area contributed by atoms with Gasteiger partial charge in [0.15, 0.2) is 0 Å². The fourth-order valence-electron chi connectivity index (χ4n) is 4.52. The number of aromatic amines is 1. The standard InChI is InChI=1S/C28H24FN3O2/c29-21-12-10-20(11-13-21)23(19-6-2-1-3-7-19)14-15-26-30-18-22(31-26)16-17-32-27(33)24-8-4-5-9-25(24)28(32)34/h1-13,18,23H,14-17H2,(H,30,31). The van der Waals surface area contributed by atoms with E-state index in [1.54, 1.807) is 30.5 Å². The molecule has 2 amide bonds. The van der Waals surface area contributed by atoms with Crippen LogP contribution in [0.2, 0.25) is 0 Å². The van der Waals surface area contributed by atoms with E-state index in [-0.39, 0.29) is 23.5 Å². The van der Waals surface area contributed by atoms with E-state index in [1.165, 1.54) is 22.6 Å². The van der Waals surface area contributed by atoms with Gasteiger partial charge in [-0.3, -0.25) is 14.5 Å². The van der Waals surface area contributed by atoms with Gasteiger partial charge >= 0.3 is 0 Å². The number of amides is 2. The van der Waals surface area contributed by atoms with Crippen molar-refractivity contribution in [3.8, 4) is 0 Å². The molecular weight excluding hydrogens is 429 g/mol. The Balaban J connectivity index is 1.24. The number of carbonyl (C=O) groups excluding carboxylic acids is 2. The quantitative estimate of drug-likeness (QED) is 0.375. The molecule has 0 radical (unpaired) electrons. The van der Waals surface area contributed by atoms with Crippen molar-refractivity contribution in [3.05, 3.63) is 125 Å². The molecule has 5 rings (SSSR count). The van der Waals surface area contributed by atoms with E-state index < -0.39 is 0 Å². The lowest BCUT2D eigenvalue weighted by molar-refractivity contribution is 0.0656. The van der Waals surface area contributed by atoms with E-state index in [2.05, 4.69) is 22.1 Å². The number of hydrogen-bond donors (Lipinski definition) is 1. The van der Waals surface area contributed by atoms with E-state index in [0.717, 1.165) is 23.5 Å². The number of H-pyrrole nitrogens is 1. The first-order chi connectivity index (χ1) is 16.6. The van der Waals surface area contributed by atoms with Crippen molar-refractivity contribution in [2.45, 2.75) is 25.2 Å². The average Bonchev–Trinajstić information content (AvgIpc) is 3.42. The number of nitrogens with zero attached hydrogens (tertiary/aromatic N) is 2. The summed E-state index contributed by atoms with van der Waals surface area (Å²) in [7, 11) is 0. The average molecular weight is 454 g/mol. The zero-order valence-electron chi connectivity index (χ0n) is 18.6. The molecule has 1 N–H and O–H groups in total. The zero-order valence-corrected chi connectivity index (χ0v) is 18.6. The lowest BCUT2D eigenvalue weighted by Crippen LogP contribution is -2.31. The maximum absolute atomic E-state index is 13.5. The number of aryl methyl sites for hydroxylation is 1. The molecule has 1 atom stereocenters. The van der Waals surface area contributed by atoms with Gasteiger partial charge in [0.25, 0.3) is 11.8 Å². The molecule has 0 saturated carbocycles. The minimum Gasteiger partial charge on any atom is -0.346 e. The zero-order chi connectivity index (χ0) is 23.5. The van der Waals surface area contributed by atoms with Crippen molar-refractivity contribution in [1.82, 2.24) is 14.9 Å². The van der Waals surface area contributed by atoms with Crippen LogP contribution in [0.5, 0.6) is 0 Å². The van der Waals surface area contributed by atoms with E-state index in [4.69, 9.17) is 0 Å². The van der Waals surface area contributed by atoms with Crippen LogP contribution in [-0.4, -0.2) is 33.2 Å². The Hall–Kier alpha value is -4.06. The highest BCUT2D eigenvalue weighted by Crippen LogP contribution is 2.29. The summed E-state index contributed by atoms with van der Waals surface area (Å²) in [6.07, 6.45) is 3.80. The predicted molar refractivity (Wildman–Crippen MR) is 127 cm³/mol. The molecule has 3 aromatic carbocycles. The topological polar surface area (TPSA) is 66.1 Å². The highest BCUT2D eigenvalue weighted by Gasteiger charge is 2.34. The van der Waals surface area contributed by atoms with Crippen LogP contribution in [-0.2, 0) is 12.8 Å². The van der Waals surface area contributed by atoms with E-state index in [1.807, 2.05) is 30.3 Å². The molecule has 0 spiro atoms. The van der Waals surface area contributed by atoms with Gasteiger partial charge in [-0.05, 0) is 41.8 Å². The van der Waals surface area contributed by atoms with Gasteiger partial charge in [0, 0.05) is 37.2 Å². The maximum Gasteiger partial charge on any atom is 0.261 e. The van der Waals surface area contributed by atoms with Gasteiger partial charge < -0.3 is 4.98 Å². The minimum atomic E-state index is -0.246. The lowest BCUT2D eigenvalue weighted by Gasteiger charge is -2.17. The summed E-state index contributed by atoms with van der Waals surface area (Å²) in [6.45, 7) is 0.302. The second kappa shape index (κ2) is 9.43. The summed E-state index contributed by atoms with van der Waals surface area (Å²) in [4.78, 5) is 34.3. The van der Waals surface area contributed by atoms with Crippen LogP contribution in [0.4, 0.5) is 4.39 Å². The number of hydrogen-bond acceptors (Lipinski definition) is 3. The summed E-state index contributed by atoms with van der Waals surface area (Å²) in [5.41, 5.74) is 4.04. The normalized spacial score (nSPS) is 13.9. The molecule has 0 aliphatic carbocycles. The minimum absolute atomic E-state index is 0.119. The van der Waals surface area contributed by atoms with Crippen LogP contribution >= 0.6 is 0 Å². The fourth-order valence-corrected chi connectivity index (χ4v) is 4.52. The predicted octanol–water partition coefficient (Wildman–Crippen LogP) is 5.15. The number of fused-ring (bicyclic) bond motifs is 1. The molecule has 5 nitrogen and oxygen atoms in total. The summed E-state index contributed by atoms with van der Waals surface area (Å²) in [5, 5.41) is 0. The monoisotopic (exact) mass is 453 g/mol. The molecule has 1 aliphatic rings. The molecule has 0 saturated heterocycles. The van der Waals surface area contributed by atoms with Crippen LogP contribution in [0.25, 0.3) is 0 Å². The smallest absolute Gasteiger partial charge is 0.261 e. The first-order valence-corrected chi connectivity index (χ1v) is 11.4. The van der Waals surface area contributed by atoms with Crippen molar-refractivity contribution < 1.29 is 14.0 Å². The van der Waals surface area contributed by atoms with Gasteiger partial charge in [-0.15, -0.1) is 0 Å². The SMILES string of the molecule is O=C1c2ccccc2C(=O)N1CCc1cnc(CCC(c2ccccc2)c2ccc(F)cc2)[nH]1. The van der Waals surface area contributed by atoms with Crippen LogP contribution in [0.15, 0.2) is 85.1 Å². The number of nitrogens with one attached hydrogen (secondary N) is 1. The van der Waals surface area contributed by atoms with Crippen LogP contribution in [0.1, 0.15) is 55.7 Å². The number of benzene rings is 3. The van der Waals surface area contributed by atoms with Crippen molar-refractivity contribution in [1.29, 1.82) is 0 Å². The van der Waals surface area contributed by atoms with Crippen LogP contribution in [0, 0.1) is 5.82 Å².